The molecule has 0 aliphatic carbocycles. The Morgan fingerprint density at radius 1 is 1.03 bits per heavy atom. The Balaban J connectivity index is 1.13. The predicted octanol–water partition coefficient (Wildman–Crippen LogP) is 4.62. The number of thiophene rings is 1. The molecule has 0 spiro atoms. The van der Waals surface area contributed by atoms with Crippen molar-refractivity contribution in [2.24, 2.45) is 0 Å². The Bertz CT molecular complexity index is 1270. The summed E-state index contributed by atoms with van der Waals surface area (Å²) in [5, 5.41) is 8.70. The normalized spacial score (nSPS) is 15.4. The lowest BCUT2D eigenvalue weighted by Gasteiger charge is -2.36. The SMILES string of the molecule is O=c1n(CCCCN2CCN(c3cccc4sccc34)CC2)nc2c(Cl)cc(Cl)cn12. The van der Waals surface area contributed by atoms with Crippen molar-refractivity contribution in [1.29, 1.82) is 0 Å². The Morgan fingerprint density at radius 3 is 2.68 bits per heavy atom. The maximum Gasteiger partial charge on any atom is 0.350 e. The molecule has 31 heavy (non-hydrogen) atoms. The van der Waals surface area contributed by atoms with E-state index in [1.807, 2.05) is 0 Å². The molecule has 5 rings (SSSR count). The highest BCUT2D eigenvalue weighted by Gasteiger charge is 2.18. The van der Waals surface area contributed by atoms with Gasteiger partial charge in [0.15, 0.2) is 5.65 Å². The topological polar surface area (TPSA) is 45.8 Å². The van der Waals surface area contributed by atoms with Crippen LogP contribution in [0.4, 0.5) is 5.69 Å². The van der Waals surface area contributed by atoms with Gasteiger partial charge in [0, 0.05) is 54.7 Å². The summed E-state index contributed by atoms with van der Waals surface area (Å²) in [6.07, 6.45) is 3.48. The molecule has 1 aliphatic rings. The molecule has 1 aliphatic heterocycles. The molecule has 4 heterocycles. The van der Waals surface area contributed by atoms with Crippen LogP contribution in [0.15, 0.2) is 46.7 Å². The largest absolute Gasteiger partial charge is 0.368 e. The van der Waals surface area contributed by atoms with Gasteiger partial charge in [0.05, 0.1) is 10.0 Å². The first-order valence-corrected chi connectivity index (χ1v) is 12.1. The van der Waals surface area contributed by atoms with Crippen molar-refractivity contribution in [2.45, 2.75) is 19.4 Å². The molecule has 0 saturated carbocycles. The van der Waals surface area contributed by atoms with Gasteiger partial charge >= 0.3 is 5.69 Å². The van der Waals surface area contributed by atoms with E-state index in [4.69, 9.17) is 23.2 Å². The number of rotatable bonds is 6. The standard InChI is InChI=1S/C22H23Cl2N5OS/c23-16-14-18(24)21-25-29(22(30)28(21)15-16)8-2-1-7-26-9-11-27(12-10-26)19-4-3-5-20-17(19)6-13-31-20/h3-6,13-15H,1-2,7-12H2. The fourth-order valence-electron chi connectivity index (χ4n) is 4.25. The van der Waals surface area contributed by atoms with E-state index in [9.17, 15) is 4.79 Å². The van der Waals surface area contributed by atoms with Crippen LogP contribution in [-0.2, 0) is 6.54 Å². The van der Waals surface area contributed by atoms with Crippen LogP contribution in [0.2, 0.25) is 10.0 Å². The van der Waals surface area contributed by atoms with Crippen LogP contribution in [0.25, 0.3) is 15.7 Å². The van der Waals surface area contributed by atoms with E-state index in [1.165, 1.54) is 24.9 Å². The number of pyridine rings is 1. The second-order valence-corrected chi connectivity index (χ2v) is 9.64. The molecule has 1 fully saturated rings. The number of fused-ring (bicyclic) bond motifs is 2. The van der Waals surface area contributed by atoms with Gasteiger partial charge in [-0.15, -0.1) is 16.4 Å². The molecule has 0 bridgehead atoms. The first kappa shape index (κ1) is 20.8. The molecule has 162 valence electrons. The summed E-state index contributed by atoms with van der Waals surface area (Å²) in [6.45, 7) is 5.81. The van der Waals surface area contributed by atoms with E-state index in [0.717, 1.165) is 45.6 Å². The van der Waals surface area contributed by atoms with Crippen LogP contribution in [0.5, 0.6) is 0 Å². The van der Waals surface area contributed by atoms with E-state index in [1.54, 1.807) is 23.6 Å². The molecule has 1 aromatic carbocycles. The fraction of sp³-hybridized carbons (Fsp3) is 0.364. The van der Waals surface area contributed by atoms with Crippen LogP contribution < -0.4 is 10.6 Å². The van der Waals surface area contributed by atoms with Crippen molar-refractivity contribution in [3.05, 3.63) is 62.4 Å². The summed E-state index contributed by atoms with van der Waals surface area (Å²) in [5.74, 6) is 0. The maximum absolute atomic E-state index is 12.5. The van der Waals surface area contributed by atoms with Crippen LogP contribution in [0, 0.1) is 0 Å². The average molecular weight is 476 g/mol. The molecule has 0 amide bonds. The van der Waals surface area contributed by atoms with Crippen molar-refractivity contribution < 1.29 is 0 Å². The molecule has 0 atom stereocenters. The highest BCUT2D eigenvalue weighted by Crippen LogP contribution is 2.31. The molecule has 9 heteroatoms. The molecular formula is C22H23Cl2N5OS. The zero-order chi connectivity index (χ0) is 21.4. The number of aromatic nitrogens is 3. The first-order chi connectivity index (χ1) is 15.1. The Hall–Kier alpha value is -2.06. The highest BCUT2D eigenvalue weighted by atomic mass is 35.5. The first-order valence-electron chi connectivity index (χ1n) is 10.5. The minimum absolute atomic E-state index is 0.198. The second-order valence-electron chi connectivity index (χ2n) is 7.85. The van der Waals surface area contributed by atoms with Gasteiger partial charge in [0.1, 0.15) is 0 Å². The van der Waals surface area contributed by atoms with Crippen molar-refractivity contribution in [2.75, 3.05) is 37.6 Å². The van der Waals surface area contributed by atoms with Gasteiger partial charge in [-0.05, 0) is 49.0 Å². The van der Waals surface area contributed by atoms with Crippen LogP contribution >= 0.6 is 34.5 Å². The number of hydrogen-bond donors (Lipinski definition) is 0. The number of unbranched alkanes of at least 4 members (excludes halogenated alkanes) is 1. The minimum Gasteiger partial charge on any atom is -0.368 e. The van der Waals surface area contributed by atoms with E-state index >= 15 is 0 Å². The maximum atomic E-state index is 12.5. The molecule has 1 saturated heterocycles. The third-order valence-corrected chi connectivity index (χ3v) is 7.25. The summed E-state index contributed by atoms with van der Waals surface area (Å²) in [5.41, 5.74) is 1.60. The molecule has 0 N–H and O–H groups in total. The van der Waals surface area contributed by atoms with Crippen molar-refractivity contribution in [3.8, 4) is 0 Å². The second kappa shape index (κ2) is 8.82. The fourth-order valence-corrected chi connectivity index (χ4v) is 5.57. The summed E-state index contributed by atoms with van der Waals surface area (Å²) < 4.78 is 4.25. The molecular weight excluding hydrogens is 453 g/mol. The number of hydrogen-bond acceptors (Lipinski definition) is 5. The number of aryl methyl sites for hydroxylation is 1. The van der Waals surface area contributed by atoms with Gasteiger partial charge in [-0.3, -0.25) is 4.90 Å². The number of nitrogens with zero attached hydrogens (tertiary/aromatic N) is 5. The lowest BCUT2D eigenvalue weighted by atomic mass is 10.2. The minimum atomic E-state index is -0.198. The Labute approximate surface area is 194 Å². The summed E-state index contributed by atoms with van der Waals surface area (Å²) in [4.78, 5) is 17.5. The molecule has 3 aromatic heterocycles. The average Bonchev–Trinajstić information content (AvgIpc) is 3.37. The predicted molar refractivity (Wildman–Crippen MR) is 129 cm³/mol. The van der Waals surface area contributed by atoms with Gasteiger partial charge in [-0.1, -0.05) is 29.3 Å². The Morgan fingerprint density at radius 2 is 1.84 bits per heavy atom. The van der Waals surface area contributed by atoms with Crippen molar-refractivity contribution >= 4 is 56.0 Å². The zero-order valence-electron chi connectivity index (χ0n) is 17.0. The number of piperazine rings is 1. The zero-order valence-corrected chi connectivity index (χ0v) is 19.3. The molecule has 0 unspecified atom stereocenters. The van der Waals surface area contributed by atoms with Gasteiger partial charge in [0.25, 0.3) is 0 Å². The summed E-state index contributed by atoms with van der Waals surface area (Å²) in [6, 6.07) is 10.4. The Kier molecular flexibility index (Phi) is 5.93. The van der Waals surface area contributed by atoms with E-state index in [-0.39, 0.29) is 5.69 Å². The van der Waals surface area contributed by atoms with Crippen LogP contribution in [-0.4, -0.2) is 51.8 Å². The highest BCUT2D eigenvalue weighted by molar-refractivity contribution is 7.17. The lowest BCUT2D eigenvalue weighted by molar-refractivity contribution is 0.251. The number of halogens is 2. The summed E-state index contributed by atoms with van der Waals surface area (Å²) in [7, 11) is 0. The van der Waals surface area contributed by atoms with E-state index in [0.29, 0.717) is 22.2 Å². The lowest BCUT2D eigenvalue weighted by Crippen LogP contribution is -2.46. The quantitative estimate of drug-likeness (QED) is 0.381. The van der Waals surface area contributed by atoms with Gasteiger partial charge < -0.3 is 4.90 Å². The van der Waals surface area contributed by atoms with Crippen LogP contribution in [0.3, 0.4) is 0 Å². The molecule has 4 aromatic rings. The number of benzene rings is 1. The third-order valence-electron chi connectivity index (χ3n) is 5.88. The van der Waals surface area contributed by atoms with Gasteiger partial charge in [-0.2, -0.15) is 0 Å². The van der Waals surface area contributed by atoms with Gasteiger partial charge in [-0.25, -0.2) is 13.9 Å². The van der Waals surface area contributed by atoms with E-state index in [2.05, 4.69) is 44.5 Å². The van der Waals surface area contributed by atoms with Crippen molar-refractivity contribution in [1.82, 2.24) is 19.1 Å². The molecule has 6 nitrogen and oxygen atoms in total. The third kappa shape index (κ3) is 4.20. The smallest absolute Gasteiger partial charge is 0.350 e. The summed E-state index contributed by atoms with van der Waals surface area (Å²) >= 11 is 14.0. The van der Waals surface area contributed by atoms with Crippen LogP contribution in [0.1, 0.15) is 12.8 Å². The number of anilines is 1. The van der Waals surface area contributed by atoms with Crippen molar-refractivity contribution in [3.63, 3.8) is 0 Å². The monoisotopic (exact) mass is 475 g/mol. The van der Waals surface area contributed by atoms with Gasteiger partial charge in [0.2, 0.25) is 0 Å². The molecule has 0 radical (unpaired) electrons. The van der Waals surface area contributed by atoms with E-state index < -0.39 is 0 Å².